The topological polar surface area (TPSA) is 64.8 Å². The molecular weight excluding hydrogens is 256 g/mol. The summed E-state index contributed by atoms with van der Waals surface area (Å²) in [5.74, 6) is 0.376. The Morgan fingerprint density at radius 1 is 1.50 bits per heavy atom. The van der Waals surface area contributed by atoms with Crippen molar-refractivity contribution < 1.29 is 14.3 Å². The van der Waals surface area contributed by atoms with E-state index in [9.17, 15) is 4.79 Å². The minimum Gasteiger partial charge on any atom is -0.465 e. The minimum absolute atomic E-state index is 0.239. The van der Waals surface area contributed by atoms with Crippen molar-refractivity contribution in [1.82, 2.24) is 4.90 Å². The van der Waals surface area contributed by atoms with Crippen LogP contribution in [0.4, 0.5) is 0 Å². The molecule has 5 nitrogen and oxygen atoms in total. The molecule has 0 spiro atoms. The SMILES string of the molecule is CCOC(=O)C1(N)CCC(N(C)CC2CCCOC2)C1. The Balaban J connectivity index is 1.83. The first-order valence-electron chi connectivity index (χ1n) is 7.79. The summed E-state index contributed by atoms with van der Waals surface area (Å²) >= 11 is 0. The molecule has 2 rings (SSSR count). The summed E-state index contributed by atoms with van der Waals surface area (Å²) < 4.78 is 10.6. The Hall–Kier alpha value is -0.650. The van der Waals surface area contributed by atoms with E-state index in [0.29, 0.717) is 25.0 Å². The van der Waals surface area contributed by atoms with Crippen LogP contribution >= 0.6 is 0 Å². The van der Waals surface area contributed by atoms with Crippen LogP contribution in [0.3, 0.4) is 0 Å². The Kier molecular flexibility index (Phi) is 5.41. The van der Waals surface area contributed by atoms with Gasteiger partial charge in [0.2, 0.25) is 0 Å². The van der Waals surface area contributed by atoms with Crippen LogP contribution in [0.5, 0.6) is 0 Å². The lowest BCUT2D eigenvalue weighted by molar-refractivity contribution is -0.149. The van der Waals surface area contributed by atoms with Gasteiger partial charge in [-0.15, -0.1) is 0 Å². The van der Waals surface area contributed by atoms with Crippen LogP contribution in [-0.2, 0) is 14.3 Å². The fourth-order valence-corrected chi connectivity index (χ4v) is 3.39. The molecule has 0 amide bonds. The van der Waals surface area contributed by atoms with Crippen LogP contribution in [0.2, 0.25) is 0 Å². The van der Waals surface area contributed by atoms with Crippen LogP contribution in [0.1, 0.15) is 39.0 Å². The predicted molar refractivity (Wildman–Crippen MR) is 77.4 cm³/mol. The van der Waals surface area contributed by atoms with Crippen molar-refractivity contribution in [3.05, 3.63) is 0 Å². The van der Waals surface area contributed by atoms with E-state index < -0.39 is 5.54 Å². The Morgan fingerprint density at radius 3 is 2.95 bits per heavy atom. The fraction of sp³-hybridized carbons (Fsp3) is 0.933. The number of rotatable bonds is 5. The summed E-state index contributed by atoms with van der Waals surface area (Å²) in [6, 6.07) is 0.381. The number of carbonyl (C=O) groups is 1. The molecule has 0 aromatic rings. The Labute approximate surface area is 121 Å². The largest absolute Gasteiger partial charge is 0.465 e. The third kappa shape index (κ3) is 3.71. The van der Waals surface area contributed by atoms with Gasteiger partial charge in [-0.3, -0.25) is 4.79 Å². The van der Waals surface area contributed by atoms with E-state index in [0.717, 1.165) is 39.0 Å². The molecule has 116 valence electrons. The monoisotopic (exact) mass is 284 g/mol. The molecule has 5 heteroatoms. The molecule has 2 aliphatic rings. The molecule has 0 aromatic heterocycles. The Bertz CT molecular complexity index is 331. The molecule has 1 aliphatic heterocycles. The summed E-state index contributed by atoms with van der Waals surface area (Å²) in [4.78, 5) is 14.3. The van der Waals surface area contributed by atoms with Crippen LogP contribution in [-0.4, -0.2) is 55.9 Å². The molecule has 1 heterocycles. The van der Waals surface area contributed by atoms with E-state index in [1.807, 2.05) is 6.92 Å². The minimum atomic E-state index is -0.780. The zero-order chi connectivity index (χ0) is 14.6. The van der Waals surface area contributed by atoms with Crippen LogP contribution in [0, 0.1) is 5.92 Å². The van der Waals surface area contributed by atoms with E-state index in [1.165, 1.54) is 6.42 Å². The Morgan fingerprint density at radius 2 is 2.30 bits per heavy atom. The molecule has 0 aromatic carbocycles. The lowest BCUT2D eigenvalue weighted by atomic mass is 9.98. The molecule has 3 atom stereocenters. The van der Waals surface area contributed by atoms with Gasteiger partial charge >= 0.3 is 5.97 Å². The highest BCUT2D eigenvalue weighted by molar-refractivity contribution is 5.81. The molecule has 1 aliphatic carbocycles. The molecule has 2 N–H and O–H groups in total. The summed E-state index contributed by atoms with van der Waals surface area (Å²) in [6.07, 6.45) is 4.80. The number of nitrogens with two attached hydrogens (primary N) is 1. The van der Waals surface area contributed by atoms with E-state index in [-0.39, 0.29) is 5.97 Å². The fourth-order valence-electron chi connectivity index (χ4n) is 3.39. The van der Waals surface area contributed by atoms with E-state index in [2.05, 4.69) is 11.9 Å². The maximum absolute atomic E-state index is 11.9. The average molecular weight is 284 g/mol. The molecular formula is C15H28N2O3. The summed E-state index contributed by atoms with van der Waals surface area (Å²) in [5.41, 5.74) is 5.44. The molecule has 20 heavy (non-hydrogen) atoms. The van der Waals surface area contributed by atoms with Gasteiger partial charge in [0.1, 0.15) is 5.54 Å². The highest BCUT2D eigenvalue weighted by Gasteiger charge is 2.44. The number of ether oxygens (including phenoxy) is 2. The third-order valence-electron chi connectivity index (χ3n) is 4.63. The van der Waals surface area contributed by atoms with Crippen LogP contribution < -0.4 is 5.73 Å². The summed E-state index contributed by atoms with van der Waals surface area (Å²) in [5, 5.41) is 0. The number of carbonyl (C=O) groups excluding carboxylic acids is 1. The number of esters is 1. The molecule has 2 fully saturated rings. The number of hydrogen-bond donors (Lipinski definition) is 1. The van der Waals surface area contributed by atoms with Gasteiger partial charge in [-0.1, -0.05) is 0 Å². The van der Waals surface area contributed by atoms with Crippen LogP contribution in [0.25, 0.3) is 0 Å². The lowest BCUT2D eigenvalue weighted by Gasteiger charge is -2.31. The first-order valence-corrected chi connectivity index (χ1v) is 7.79. The van der Waals surface area contributed by atoms with Gasteiger partial charge in [-0.25, -0.2) is 0 Å². The molecule has 0 radical (unpaired) electrons. The van der Waals surface area contributed by atoms with Gasteiger partial charge in [-0.2, -0.15) is 0 Å². The van der Waals surface area contributed by atoms with Crippen molar-refractivity contribution in [1.29, 1.82) is 0 Å². The quantitative estimate of drug-likeness (QED) is 0.767. The first kappa shape index (κ1) is 15.7. The molecule has 1 saturated carbocycles. The number of nitrogens with zero attached hydrogens (tertiary/aromatic N) is 1. The van der Waals surface area contributed by atoms with Crippen molar-refractivity contribution in [3.63, 3.8) is 0 Å². The molecule has 3 unspecified atom stereocenters. The standard InChI is InChI=1S/C15H28N2O3/c1-3-20-14(18)15(16)7-6-13(9-15)17(2)10-12-5-4-8-19-11-12/h12-13H,3-11,16H2,1-2H3. The van der Waals surface area contributed by atoms with Gasteiger partial charge in [0, 0.05) is 19.2 Å². The van der Waals surface area contributed by atoms with Crippen molar-refractivity contribution in [3.8, 4) is 0 Å². The maximum atomic E-state index is 11.9. The average Bonchev–Trinajstić information content (AvgIpc) is 2.84. The highest BCUT2D eigenvalue weighted by atomic mass is 16.5. The summed E-state index contributed by atoms with van der Waals surface area (Å²) in [7, 11) is 2.14. The highest BCUT2D eigenvalue weighted by Crippen LogP contribution is 2.32. The second kappa shape index (κ2) is 6.87. The van der Waals surface area contributed by atoms with Gasteiger partial charge in [0.15, 0.2) is 0 Å². The van der Waals surface area contributed by atoms with Gasteiger partial charge < -0.3 is 20.1 Å². The summed E-state index contributed by atoms with van der Waals surface area (Å²) in [6.45, 7) is 5.02. The van der Waals surface area contributed by atoms with Crippen molar-refractivity contribution in [2.45, 2.75) is 50.6 Å². The predicted octanol–water partition coefficient (Wildman–Crippen LogP) is 1.16. The maximum Gasteiger partial charge on any atom is 0.326 e. The van der Waals surface area contributed by atoms with Gasteiger partial charge in [0.05, 0.1) is 13.2 Å². The second-order valence-corrected chi connectivity index (χ2v) is 6.30. The third-order valence-corrected chi connectivity index (χ3v) is 4.63. The first-order chi connectivity index (χ1) is 9.55. The molecule has 0 bridgehead atoms. The second-order valence-electron chi connectivity index (χ2n) is 6.30. The van der Waals surface area contributed by atoms with Crippen molar-refractivity contribution in [2.75, 3.05) is 33.4 Å². The lowest BCUT2D eigenvalue weighted by Crippen LogP contribution is -2.48. The zero-order valence-corrected chi connectivity index (χ0v) is 12.8. The number of hydrogen-bond acceptors (Lipinski definition) is 5. The van der Waals surface area contributed by atoms with E-state index in [1.54, 1.807) is 0 Å². The van der Waals surface area contributed by atoms with Crippen molar-refractivity contribution in [2.24, 2.45) is 11.7 Å². The van der Waals surface area contributed by atoms with Gasteiger partial charge in [-0.05, 0) is 52.0 Å². The van der Waals surface area contributed by atoms with E-state index in [4.69, 9.17) is 15.2 Å². The normalized spacial score (nSPS) is 34.4. The van der Waals surface area contributed by atoms with E-state index >= 15 is 0 Å². The van der Waals surface area contributed by atoms with Crippen molar-refractivity contribution >= 4 is 5.97 Å². The van der Waals surface area contributed by atoms with Crippen LogP contribution in [0.15, 0.2) is 0 Å². The zero-order valence-electron chi connectivity index (χ0n) is 12.8. The smallest absolute Gasteiger partial charge is 0.326 e. The van der Waals surface area contributed by atoms with Gasteiger partial charge in [0.25, 0.3) is 0 Å². The molecule has 1 saturated heterocycles.